The first-order valence-corrected chi connectivity index (χ1v) is 10.5. The van der Waals surface area contributed by atoms with Crippen molar-refractivity contribution in [3.05, 3.63) is 0 Å². The van der Waals surface area contributed by atoms with Crippen LogP contribution in [0.3, 0.4) is 0 Å². The van der Waals surface area contributed by atoms with Crippen LogP contribution in [0.25, 0.3) is 0 Å². The summed E-state index contributed by atoms with van der Waals surface area (Å²) in [5, 5.41) is 0. The van der Waals surface area contributed by atoms with Crippen LogP contribution in [0.5, 0.6) is 0 Å². The molecule has 0 aliphatic carbocycles. The van der Waals surface area contributed by atoms with Crippen LogP contribution in [0, 0.1) is 0 Å². The minimum absolute atomic E-state index is 0. The minimum atomic E-state index is -1.20. The molecule has 0 aromatic heterocycles. The van der Waals surface area contributed by atoms with Crippen molar-refractivity contribution in [3.8, 4) is 0 Å². The summed E-state index contributed by atoms with van der Waals surface area (Å²) >= 11 is 3.42. The van der Waals surface area contributed by atoms with Gasteiger partial charge in [0.25, 0.3) is 0 Å². The molecule has 1 fully saturated rings. The predicted octanol–water partition coefficient (Wildman–Crippen LogP) is 4.26. The molecule has 1 radical (unpaired) electrons. The standard InChI is InChI=1S/C16H38N5PSe.Ag/c1-13(2,3)17-21(23)19(15(7,8)9)22(18-14(4,5)6)20(21)16(10,11)12;/h17,22H,1-12H3;. The van der Waals surface area contributed by atoms with Crippen LogP contribution >= 0.6 is 8.01 Å². The summed E-state index contributed by atoms with van der Waals surface area (Å²) in [6.45, 7) is 26.8. The van der Waals surface area contributed by atoms with Crippen molar-refractivity contribution >= 4 is 24.2 Å². The van der Waals surface area contributed by atoms with Crippen molar-refractivity contribution in [2.24, 2.45) is 4.74 Å². The van der Waals surface area contributed by atoms with Crippen LogP contribution in [-0.4, -0.2) is 51.8 Å². The molecule has 0 unspecified atom stereocenters. The summed E-state index contributed by atoms with van der Waals surface area (Å²) < 4.78 is 10.7. The number of nitrogens with zero attached hydrogens (tertiary/aromatic N) is 4. The molecule has 0 bridgehead atoms. The van der Waals surface area contributed by atoms with Crippen molar-refractivity contribution in [3.63, 3.8) is 0 Å². The maximum absolute atomic E-state index is 5.21. The van der Waals surface area contributed by atoms with Gasteiger partial charge in [0, 0.05) is 22.4 Å². The van der Waals surface area contributed by atoms with Crippen molar-refractivity contribution in [1.29, 1.82) is 0 Å². The summed E-state index contributed by atoms with van der Waals surface area (Å²) in [5.74, 6) is 0. The van der Waals surface area contributed by atoms with Crippen molar-refractivity contribution in [2.75, 3.05) is 0 Å². The molecule has 0 aromatic rings. The van der Waals surface area contributed by atoms with E-state index in [2.05, 4.69) is 114 Å². The first-order valence-electron chi connectivity index (χ1n) is 8.40. The van der Waals surface area contributed by atoms with Crippen LogP contribution < -0.4 is 5.43 Å². The van der Waals surface area contributed by atoms with Gasteiger partial charge in [-0.05, 0) is 0 Å². The number of rotatable bonds is 1. The maximum Gasteiger partial charge on any atom is 0 e. The van der Waals surface area contributed by atoms with Crippen molar-refractivity contribution < 1.29 is 26.2 Å². The van der Waals surface area contributed by atoms with E-state index in [4.69, 9.17) is 4.74 Å². The van der Waals surface area contributed by atoms with E-state index < -0.39 is 8.01 Å². The maximum atomic E-state index is 5.21. The molecule has 0 amide bonds. The van der Waals surface area contributed by atoms with Gasteiger partial charge >= 0.3 is 153 Å². The molecule has 0 atom stereocenters. The van der Waals surface area contributed by atoms with Gasteiger partial charge in [0.05, 0.1) is 0 Å². The summed E-state index contributed by atoms with van der Waals surface area (Å²) in [6, 6.07) is 0. The Morgan fingerprint density at radius 3 is 1.33 bits per heavy atom. The van der Waals surface area contributed by atoms with E-state index in [0.717, 1.165) is 0 Å². The Hall–Kier alpha value is 1.33. The Morgan fingerprint density at radius 2 is 1.12 bits per heavy atom. The molecule has 1 saturated heterocycles. The second kappa shape index (κ2) is 7.39. The van der Waals surface area contributed by atoms with E-state index in [1.54, 1.807) is 0 Å². The Balaban J connectivity index is 0.00000529. The van der Waals surface area contributed by atoms with Gasteiger partial charge in [-0.3, -0.25) is 0 Å². The smallest absolute Gasteiger partial charge is 0 e. The Labute approximate surface area is 174 Å². The third-order valence-electron chi connectivity index (χ3n) is 3.11. The molecule has 8 heteroatoms. The zero-order valence-corrected chi connectivity index (χ0v) is 21.7. The Kier molecular flexibility index (Phi) is 7.80. The zero-order valence-electron chi connectivity index (χ0n) is 17.5. The summed E-state index contributed by atoms with van der Waals surface area (Å²) in [4.78, 5) is 0. The van der Waals surface area contributed by atoms with Gasteiger partial charge in [-0.1, -0.05) is 0 Å². The van der Waals surface area contributed by atoms with Crippen LogP contribution in [-0.2, 0) is 22.4 Å². The number of nitrogens with one attached hydrogen (secondary N) is 1. The first-order chi connectivity index (χ1) is 9.79. The van der Waals surface area contributed by atoms with Gasteiger partial charge < -0.3 is 0 Å². The monoisotopic (exact) mass is 518 g/mol. The van der Waals surface area contributed by atoms with E-state index in [1.807, 2.05) is 0 Å². The Bertz CT molecular complexity index is 459. The van der Waals surface area contributed by atoms with Crippen molar-refractivity contribution in [1.82, 2.24) is 15.0 Å². The molecule has 0 saturated carbocycles. The molecular formula is C16H38AgN5PSe. The molecule has 24 heavy (non-hydrogen) atoms. The van der Waals surface area contributed by atoms with Crippen LogP contribution in [0.4, 0.5) is 0 Å². The molecule has 149 valence electrons. The molecule has 1 rings (SSSR count). The van der Waals surface area contributed by atoms with E-state index in [0.29, 0.717) is 3.83 Å². The average Bonchev–Trinajstić information content (AvgIpc) is 2.03. The SMILES string of the molecule is CC(C)(C)N=[PH]1N(C(C)(C)C)[N+]([Se-])(NC(C)(C)C)N1C(C)(C)C.[Ag]. The largest absolute Gasteiger partial charge is 0 e. The summed E-state index contributed by atoms with van der Waals surface area (Å²) in [7, 11) is -1.20. The Morgan fingerprint density at radius 1 is 0.792 bits per heavy atom. The molecule has 0 aromatic carbocycles. The molecular weight excluding hydrogens is 480 g/mol. The van der Waals surface area contributed by atoms with Gasteiger partial charge in [0.15, 0.2) is 0 Å². The fraction of sp³-hybridized carbons (Fsp3) is 1.00. The molecule has 1 aliphatic heterocycles. The number of hydrogen-bond acceptors (Lipinski definition) is 2. The minimum Gasteiger partial charge on any atom is 0 e. The zero-order chi connectivity index (χ0) is 18.6. The third kappa shape index (κ3) is 5.92. The molecule has 1 aliphatic rings. The van der Waals surface area contributed by atoms with Crippen LogP contribution in [0.2, 0.25) is 0 Å². The second-order valence-electron chi connectivity index (χ2n) is 10.5. The topological polar surface area (TPSA) is 30.9 Å². The second-order valence-corrected chi connectivity index (χ2v) is 13.2. The van der Waals surface area contributed by atoms with Crippen LogP contribution in [0.15, 0.2) is 4.74 Å². The van der Waals surface area contributed by atoms with E-state index in [-0.39, 0.29) is 44.5 Å². The van der Waals surface area contributed by atoms with Crippen molar-refractivity contribution in [2.45, 2.75) is 105 Å². The van der Waals surface area contributed by atoms with E-state index in [1.165, 1.54) is 0 Å². The molecule has 5 nitrogen and oxygen atoms in total. The van der Waals surface area contributed by atoms with Gasteiger partial charge in [0.1, 0.15) is 0 Å². The molecule has 0 spiro atoms. The quantitative estimate of drug-likeness (QED) is 0.416. The normalized spacial score (nSPS) is 27.5. The number of quaternary nitrogens is 1. The summed E-state index contributed by atoms with van der Waals surface area (Å²) in [5.41, 5.74) is 3.71. The summed E-state index contributed by atoms with van der Waals surface area (Å²) in [6.07, 6.45) is 0. The van der Waals surface area contributed by atoms with E-state index >= 15 is 0 Å². The van der Waals surface area contributed by atoms with Crippen LogP contribution in [0.1, 0.15) is 83.1 Å². The van der Waals surface area contributed by atoms with Gasteiger partial charge in [-0.15, -0.1) is 0 Å². The first kappa shape index (κ1) is 25.3. The van der Waals surface area contributed by atoms with Gasteiger partial charge in [-0.25, -0.2) is 0 Å². The number of hydrogen-bond donors (Lipinski definition) is 1. The average molecular weight is 518 g/mol. The fourth-order valence-corrected chi connectivity index (χ4v) is 8.06. The molecule has 1 heterocycles. The predicted molar refractivity (Wildman–Crippen MR) is 103 cm³/mol. The van der Waals surface area contributed by atoms with E-state index in [9.17, 15) is 0 Å². The van der Waals surface area contributed by atoms with Gasteiger partial charge in [0.2, 0.25) is 0 Å². The third-order valence-corrected chi connectivity index (χ3v) is 8.18. The fourth-order valence-electron chi connectivity index (χ4n) is 2.73. The molecule has 1 N–H and O–H groups in total. The van der Waals surface area contributed by atoms with Gasteiger partial charge in [-0.2, -0.15) is 0 Å².